The minimum atomic E-state index is -0.0921. The molecule has 0 fully saturated rings. The van der Waals surface area contributed by atoms with E-state index in [1.807, 2.05) is 25.1 Å². The topological polar surface area (TPSA) is 58.1 Å². The highest BCUT2D eigenvalue weighted by atomic mass is 16.2. The van der Waals surface area contributed by atoms with Crippen molar-refractivity contribution in [1.29, 1.82) is 0 Å². The molecule has 5 heteroatoms. The molecule has 0 bridgehead atoms. The van der Waals surface area contributed by atoms with Crippen LogP contribution in [0.15, 0.2) is 36.4 Å². The van der Waals surface area contributed by atoms with Crippen LogP contribution in [-0.2, 0) is 6.42 Å². The second-order valence-corrected chi connectivity index (χ2v) is 4.67. The molecule has 2 heterocycles. The van der Waals surface area contributed by atoms with Crippen molar-refractivity contribution in [3.05, 3.63) is 47.7 Å². The maximum absolute atomic E-state index is 12.5. The van der Waals surface area contributed by atoms with E-state index < -0.39 is 0 Å². The lowest BCUT2D eigenvalue weighted by atomic mass is 10.2. The summed E-state index contributed by atoms with van der Waals surface area (Å²) >= 11 is 0. The van der Waals surface area contributed by atoms with Crippen molar-refractivity contribution in [3.8, 4) is 0 Å². The van der Waals surface area contributed by atoms with Crippen LogP contribution in [0.3, 0.4) is 0 Å². The van der Waals surface area contributed by atoms with Gasteiger partial charge < -0.3 is 10.2 Å². The summed E-state index contributed by atoms with van der Waals surface area (Å²) in [5.74, 6) is 0.594. The Kier molecular flexibility index (Phi) is 3.33. The molecule has 0 aliphatic carbocycles. The summed E-state index contributed by atoms with van der Waals surface area (Å²) < 4.78 is 0. The van der Waals surface area contributed by atoms with Gasteiger partial charge in [0.05, 0.1) is 0 Å². The van der Waals surface area contributed by atoms with Gasteiger partial charge in [-0.2, -0.15) is 0 Å². The van der Waals surface area contributed by atoms with Crippen molar-refractivity contribution in [1.82, 2.24) is 10.2 Å². The van der Waals surface area contributed by atoms with E-state index >= 15 is 0 Å². The third-order valence-corrected chi connectivity index (χ3v) is 3.37. The van der Waals surface area contributed by atoms with Crippen LogP contribution in [-0.4, -0.2) is 29.2 Å². The number of hydrogen-bond donors (Lipinski definition) is 1. The quantitative estimate of drug-likeness (QED) is 0.926. The number of fused-ring (bicyclic) bond motifs is 1. The van der Waals surface area contributed by atoms with E-state index in [1.165, 1.54) is 5.56 Å². The smallest absolute Gasteiger partial charge is 0.278 e. The molecule has 0 unspecified atom stereocenters. The van der Waals surface area contributed by atoms with Gasteiger partial charge in [0.15, 0.2) is 5.69 Å². The van der Waals surface area contributed by atoms with Gasteiger partial charge in [0, 0.05) is 18.8 Å². The lowest BCUT2D eigenvalue weighted by Gasteiger charge is -2.16. The maximum atomic E-state index is 12.5. The highest BCUT2D eigenvalue weighted by Gasteiger charge is 2.26. The van der Waals surface area contributed by atoms with Gasteiger partial charge in [-0.05, 0) is 37.1 Å². The molecule has 1 aliphatic rings. The Balaban J connectivity index is 1.83. The molecule has 1 aromatic heterocycles. The first-order valence-corrected chi connectivity index (χ1v) is 6.77. The number of nitrogens with one attached hydrogen (secondary N) is 1. The summed E-state index contributed by atoms with van der Waals surface area (Å²) in [7, 11) is 0. The van der Waals surface area contributed by atoms with Crippen molar-refractivity contribution in [3.63, 3.8) is 0 Å². The number of nitrogens with zero attached hydrogens (tertiary/aromatic N) is 3. The lowest BCUT2D eigenvalue weighted by molar-refractivity contribution is 0.0983. The maximum Gasteiger partial charge on any atom is 0.278 e. The van der Waals surface area contributed by atoms with E-state index in [0.717, 1.165) is 18.7 Å². The van der Waals surface area contributed by atoms with Crippen molar-refractivity contribution in [2.24, 2.45) is 0 Å². The molecule has 3 rings (SSSR count). The molecule has 1 aliphatic heterocycles. The Morgan fingerprint density at radius 3 is 2.85 bits per heavy atom. The molecule has 102 valence electrons. The molecule has 0 spiro atoms. The van der Waals surface area contributed by atoms with Crippen molar-refractivity contribution in [2.75, 3.05) is 23.3 Å². The first kappa shape index (κ1) is 12.6. The molecule has 1 amide bonds. The Morgan fingerprint density at radius 1 is 1.25 bits per heavy atom. The number of carbonyl (C=O) groups excluding carboxylic acids is 1. The fraction of sp³-hybridized carbons (Fsp3) is 0.267. The number of anilines is 2. The molecule has 1 aromatic carbocycles. The van der Waals surface area contributed by atoms with Crippen molar-refractivity contribution in [2.45, 2.75) is 13.3 Å². The van der Waals surface area contributed by atoms with E-state index in [4.69, 9.17) is 0 Å². The molecule has 0 saturated carbocycles. The van der Waals surface area contributed by atoms with Crippen molar-refractivity contribution < 1.29 is 4.79 Å². The summed E-state index contributed by atoms with van der Waals surface area (Å²) in [6.45, 7) is 3.47. The van der Waals surface area contributed by atoms with Crippen LogP contribution < -0.4 is 10.2 Å². The number of amides is 1. The van der Waals surface area contributed by atoms with Gasteiger partial charge in [-0.1, -0.05) is 18.2 Å². The molecular weight excluding hydrogens is 252 g/mol. The number of benzene rings is 1. The fourth-order valence-electron chi connectivity index (χ4n) is 2.41. The minimum absolute atomic E-state index is 0.0921. The van der Waals surface area contributed by atoms with Crippen LogP contribution in [0.2, 0.25) is 0 Å². The number of rotatable bonds is 3. The van der Waals surface area contributed by atoms with Gasteiger partial charge in [-0.25, -0.2) is 0 Å². The van der Waals surface area contributed by atoms with Crippen LogP contribution in [0.4, 0.5) is 11.5 Å². The van der Waals surface area contributed by atoms with E-state index in [9.17, 15) is 4.79 Å². The molecule has 1 N–H and O–H groups in total. The zero-order valence-electron chi connectivity index (χ0n) is 11.3. The highest BCUT2D eigenvalue weighted by Crippen LogP contribution is 2.28. The second kappa shape index (κ2) is 5.28. The predicted molar refractivity (Wildman–Crippen MR) is 78.0 cm³/mol. The van der Waals surface area contributed by atoms with Gasteiger partial charge in [-0.3, -0.25) is 4.79 Å². The number of hydrogen-bond acceptors (Lipinski definition) is 4. The van der Waals surface area contributed by atoms with Gasteiger partial charge in [-0.15, -0.1) is 10.2 Å². The first-order valence-electron chi connectivity index (χ1n) is 6.77. The summed E-state index contributed by atoms with van der Waals surface area (Å²) in [5.41, 5.74) is 2.57. The third-order valence-electron chi connectivity index (χ3n) is 3.37. The van der Waals surface area contributed by atoms with Gasteiger partial charge in [0.2, 0.25) is 0 Å². The Hall–Kier alpha value is -2.43. The lowest BCUT2D eigenvalue weighted by Crippen LogP contribution is -2.29. The first-order chi connectivity index (χ1) is 9.79. The standard InChI is InChI=1S/C15H16N4O/c1-2-16-14-8-7-12(17-18-14)15(20)19-10-9-11-5-3-4-6-13(11)19/h3-8H,2,9-10H2,1H3,(H,16,18). The van der Waals surface area contributed by atoms with Crippen LogP contribution in [0.25, 0.3) is 0 Å². The number of para-hydroxylation sites is 1. The molecule has 0 saturated heterocycles. The molecule has 0 atom stereocenters. The molecule has 20 heavy (non-hydrogen) atoms. The van der Waals surface area contributed by atoms with Crippen LogP contribution in [0.5, 0.6) is 0 Å². The zero-order valence-corrected chi connectivity index (χ0v) is 11.3. The number of aromatic nitrogens is 2. The second-order valence-electron chi connectivity index (χ2n) is 4.67. The summed E-state index contributed by atoms with van der Waals surface area (Å²) in [5, 5.41) is 11.1. The molecule has 2 aromatic rings. The molecule has 5 nitrogen and oxygen atoms in total. The molecular formula is C15H16N4O. The Bertz CT molecular complexity index is 624. The monoisotopic (exact) mass is 268 g/mol. The normalized spacial score (nSPS) is 13.2. The SMILES string of the molecule is CCNc1ccc(C(=O)N2CCc3ccccc32)nn1. The largest absolute Gasteiger partial charge is 0.369 e. The zero-order chi connectivity index (χ0) is 13.9. The fourth-order valence-corrected chi connectivity index (χ4v) is 2.41. The van der Waals surface area contributed by atoms with E-state index in [-0.39, 0.29) is 5.91 Å². The highest BCUT2D eigenvalue weighted by molar-refractivity contribution is 6.06. The average Bonchev–Trinajstić information content (AvgIpc) is 2.92. The molecule has 0 radical (unpaired) electrons. The van der Waals surface area contributed by atoms with Crippen LogP contribution in [0, 0.1) is 0 Å². The van der Waals surface area contributed by atoms with E-state index in [1.54, 1.807) is 17.0 Å². The average molecular weight is 268 g/mol. The summed E-state index contributed by atoms with van der Waals surface area (Å²) in [4.78, 5) is 14.3. The van der Waals surface area contributed by atoms with Crippen LogP contribution >= 0.6 is 0 Å². The van der Waals surface area contributed by atoms with Crippen molar-refractivity contribution >= 4 is 17.4 Å². The van der Waals surface area contributed by atoms with Gasteiger partial charge in [0.25, 0.3) is 5.91 Å². The number of carbonyl (C=O) groups is 1. The Morgan fingerprint density at radius 2 is 2.10 bits per heavy atom. The predicted octanol–water partition coefficient (Wildman–Crippen LogP) is 2.11. The summed E-state index contributed by atoms with van der Waals surface area (Å²) in [6.07, 6.45) is 0.894. The van der Waals surface area contributed by atoms with E-state index in [0.29, 0.717) is 18.1 Å². The van der Waals surface area contributed by atoms with Crippen LogP contribution in [0.1, 0.15) is 23.0 Å². The minimum Gasteiger partial charge on any atom is -0.369 e. The third kappa shape index (κ3) is 2.22. The van der Waals surface area contributed by atoms with Gasteiger partial charge >= 0.3 is 0 Å². The Labute approximate surface area is 117 Å². The van der Waals surface area contributed by atoms with Gasteiger partial charge in [0.1, 0.15) is 5.82 Å². The summed E-state index contributed by atoms with van der Waals surface area (Å²) in [6, 6.07) is 11.5. The van der Waals surface area contributed by atoms with E-state index in [2.05, 4.69) is 21.6 Å².